The summed E-state index contributed by atoms with van der Waals surface area (Å²) in [5, 5.41) is 3.62. The molecule has 1 aliphatic heterocycles. The largest absolute Gasteiger partial charge is 0.374 e. The van der Waals surface area contributed by atoms with Crippen LogP contribution in [0.2, 0.25) is 0 Å². The zero-order valence-electron chi connectivity index (χ0n) is 12.9. The molecule has 0 bridgehead atoms. The third kappa shape index (κ3) is 3.22. The highest BCUT2D eigenvalue weighted by Gasteiger charge is 2.33. The lowest BCUT2D eigenvalue weighted by atomic mass is 9.95. The number of hydrogen-bond acceptors (Lipinski definition) is 3. The van der Waals surface area contributed by atoms with Gasteiger partial charge in [0, 0.05) is 19.1 Å². The van der Waals surface area contributed by atoms with Crippen LogP contribution >= 0.6 is 0 Å². The first kappa shape index (κ1) is 14.1. The third-order valence-corrected chi connectivity index (χ3v) is 4.37. The molecule has 3 nitrogen and oxygen atoms in total. The topological polar surface area (TPSA) is 24.5 Å². The van der Waals surface area contributed by atoms with Gasteiger partial charge < -0.3 is 10.1 Å². The molecule has 1 aliphatic carbocycles. The minimum Gasteiger partial charge on any atom is -0.374 e. The molecular formula is C17H26N2O. The van der Waals surface area contributed by atoms with E-state index in [0.717, 1.165) is 25.7 Å². The quantitative estimate of drug-likeness (QED) is 0.912. The zero-order chi connectivity index (χ0) is 14.1. The first-order valence-electron chi connectivity index (χ1n) is 7.77. The number of benzene rings is 1. The van der Waals surface area contributed by atoms with E-state index in [1.807, 2.05) is 0 Å². The van der Waals surface area contributed by atoms with Crippen LogP contribution in [0.4, 0.5) is 0 Å². The summed E-state index contributed by atoms with van der Waals surface area (Å²) in [4.78, 5) is 2.44. The van der Waals surface area contributed by atoms with E-state index < -0.39 is 0 Å². The van der Waals surface area contributed by atoms with Gasteiger partial charge in [-0.05, 0) is 39.3 Å². The second-order valence-corrected chi connectivity index (χ2v) is 6.44. The van der Waals surface area contributed by atoms with Crippen molar-refractivity contribution >= 4 is 0 Å². The predicted molar refractivity (Wildman–Crippen MR) is 82.1 cm³/mol. The van der Waals surface area contributed by atoms with Gasteiger partial charge >= 0.3 is 0 Å². The van der Waals surface area contributed by atoms with Gasteiger partial charge in [-0.2, -0.15) is 0 Å². The fourth-order valence-corrected chi connectivity index (χ4v) is 3.25. The molecule has 0 spiro atoms. The van der Waals surface area contributed by atoms with Crippen molar-refractivity contribution in [3.05, 3.63) is 34.9 Å². The number of ether oxygens (including phenoxy) is 1. The third-order valence-electron chi connectivity index (χ3n) is 4.37. The summed E-state index contributed by atoms with van der Waals surface area (Å²) >= 11 is 0. The second-order valence-electron chi connectivity index (χ2n) is 6.44. The Balaban J connectivity index is 1.80. The van der Waals surface area contributed by atoms with Crippen LogP contribution in [-0.4, -0.2) is 43.8 Å². The van der Waals surface area contributed by atoms with Gasteiger partial charge in [-0.3, -0.25) is 4.90 Å². The van der Waals surface area contributed by atoms with E-state index in [0.29, 0.717) is 6.04 Å². The second kappa shape index (κ2) is 5.84. The highest BCUT2D eigenvalue weighted by molar-refractivity contribution is 5.31. The molecule has 2 unspecified atom stereocenters. The number of hydrogen-bond donors (Lipinski definition) is 1. The highest BCUT2D eigenvalue weighted by atomic mass is 16.5. The Morgan fingerprint density at radius 1 is 1.20 bits per heavy atom. The molecule has 0 radical (unpaired) electrons. The van der Waals surface area contributed by atoms with Crippen LogP contribution < -0.4 is 5.32 Å². The van der Waals surface area contributed by atoms with E-state index in [4.69, 9.17) is 4.74 Å². The van der Waals surface area contributed by atoms with Crippen molar-refractivity contribution in [2.75, 3.05) is 26.7 Å². The number of aryl methyl sites for hydroxylation is 2. The maximum absolute atomic E-state index is 6.07. The summed E-state index contributed by atoms with van der Waals surface area (Å²) in [5.74, 6) is 0. The maximum Gasteiger partial charge on any atom is 0.0896 e. The lowest BCUT2D eigenvalue weighted by Gasteiger charge is -2.40. The Morgan fingerprint density at radius 2 is 1.90 bits per heavy atom. The van der Waals surface area contributed by atoms with Gasteiger partial charge in [0.05, 0.1) is 18.8 Å². The van der Waals surface area contributed by atoms with Crippen molar-refractivity contribution in [1.29, 1.82) is 0 Å². The SMILES string of the molecule is Cc1cc(C)cc(C2C(CNC3CC3)OCCN2C)c1. The van der Waals surface area contributed by atoms with Crippen LogP contribution in [0.3, 0.4) is 0 Å². The van der Waals surface area contributed by atoms with Crippen LogP contribution in [0.25, 0.3) is 0 Å². The molecule has 1 aromatic rings. The molecule has 1 saturated carbocycles. The Kier molecular flexibility index (Phi) is 4.11. The summed E-state index contributed by atoms with van der Waals surface area (Å²) < 4.78 is 6.07. The van der Waals surface area contributed by atoms with E-state index >= 15 is 0 Å². The Hall–Kier alpha value is -0.900. The van der Waals surface area contributed by atoms with E-state index in [1.165, 1.54) is 29.5 Å². The van der Waals surface area contributed by atoms with Gasteiger partial charge in [0.15, 0.2) is 0 Å². The first-order chi connectivity index (χ1) is 9.63. The number of morpholine rings is 1. The molecule has 2 atom stereocenters. The number of rotatable bonds is 4. The molecule has 1 N–H and O–H groups in total. The Morgan fingerprint density at radius 3 is 2.55 bits per heavy atom. The lowest BCUT2D eigenvalue weighted by molar-refractivity contribution is -0.0615. The van der Waals surface area contributed by atoms with Crippen molar-refractivity contribution in [3.8, 4) is 0 Å². The van der Waals surface area contributed by atoms with Gasteiger partial charge in [-0.25, -0.2) is 0 Å². The molecule has 2 aliphatic rings. The Bertz CT molecular complexity index is 450. The summed E-state index contributed by atoms with van der Waals surface area (Å²) in [6.07, 6.45) is 2.92. The van der Waals surface area contributed by atoms with Crippen LogP contribution in [0.15, 0.2) is 18.2 Å². The molecule has 110 valence electrons. The molecule has 20 heavy (non-hydrogen) atoms. The van der Waals surface area contributed by atoms with Gasteiger partial charge in [-0.1, -0.05) is 29.3 Å². The number of likely N-dealkylation sites (N-methyl/N-ethyl adjacent to an activating group) is 1. The molecule has 1 heterocycles. The first-order valence-corrected chi connectivity index (χ1v) is 7.77. The average Bonchev–Trinajstić information content (AvgIpc) is 3.19. The van der Waals surface area contributed by atoms with Gasteiger partial charge in [0.25, 0.3) is 0 Å². The number of nitrogens with zero attached hydrogens (tertiary/aromatic N) is 1. The normalized spacial score (nSPS) is 27.8. The minimum atomic E-state index is 0.260. The van der Waals surface area contributed by atoms with Crippen molar-refractivity contribution in [2.24, 2.45) is 0 Å². The average molecular weight is 274 g/mol. The van der Waals surface area contributed by atoms with Crippen molar-refractivity contribution < 1.29 is 4.74 Å². The van der Waals surface area contributed by atoms with Gasteiger partial charge in [-0.15, -0.1) is 0 Å². The zero-order valence-corrected chi connectivity index (χ0v) is 12.9. The standard InChI is InChI=1S/C17H26N2O/c1-12-8-13(2)10-14(9-12)17-16(11-18-15-4-5-15)20-7-6-19(17)3/h8-10,15-18H,4-7,11H2,1-3H3. The van der Waals surface area contributed by atoms with E-state index in [1.54, 1.807) is 0 Å². The summed E-state index contributed by atoms with van der Waals surface area (Å²) in [6.45, 7) is 7.17. The monoisotopic (exact) mass is 274 g/mol. The summed E-state index contributed by atoms with van der Waals surface area (Å²) in [5.41, 5.74) is 4.08. The summed E-state index contributed by atoms with van der Waals surface area (Å²) in [7, 11) is 2.22. The smallest absolute Gasteiger partial charge is 0.0896 e. The molecule has 1 aromatic carbocycles. The molecule has 1 saturated heterocycles. The van der Waals surface area contributed by atoms with E-state index in [9.17, 15) is 0 Å². The van der Waals surface area contributed by atoms with Crippen LogP contribution in [-0.2, 0) is 4.74 Å². The molecule has 3 heteroatoms. The maximum atomic E-state index is 6.07. The van der Waals surface area contributed by atoms with Crippen molar-refractivity contribution in [1.82, 2.24) is 10.2 Å². The van der Waals surface area contributed by atoms with Gasteiger partial charge in [0.2, 0.25) is 0 Å². The van der Waals surface area contributed by atoms with E-state index in [2.05, 4.69) is 49.3 Å². The van der Waals surface area contributed by atoms with Crippen LogP contribution in [0.1, 0.15) is 35.6 Å². The molecule has 3 rings (SSSR count). The highest BCUT2D eigenvalue weighted by Crippen LogP contribution is 2.30. The Labute approximate surface area is 122 Å². The molecule has 2 fully saturated rings. The lowest BCUT2D eigenvalue weighted by Crippen LogP contribution is -2.47. The van der Waals surface area contributed by atoms with Crippen LogP contribution in [0.5, 0.6) is 0 Å². The van der Waals surface area contributed by atoms with E-state index in [-0.39, 0.29) is 6.10 Å². The van der Waals surface area contributed by atoms with Gasteiger partial charge in [0.1, 0.15) is 0 Å². The number of nitrogens with one attached hydrogen (secondary N) is 1. The van der Waals surface area contributed by atoms with Crippen LogP contribution in [0, 0.1) is 13.8 Å². The van der Waals surface area contributed by atoms with Crippen molar-refractivity contribution in [2.45, 2.75) is 44.9 Å². The minimum absolute atomic E-state index is 0.260. The fourth-order valence-electron chi connectivity index (χ4n) is 3.25. The summed E-state index contributed by atoms with van der Waals surface area (Å²) in [6, 6.07) is 7.98. The predicted octanol–water partition coefficient (Wildman–Crippen LogP) is 2.43. The van der Waals surface area contributed by atoms with Crippen molar-refractivity contribution in [3.63, 3.8) is 0 Å². The fraction of sp³-hybridized carbons (Fsp3) is 0.647. The molecular weight excluding hydrogens is 248 g/mol. The molecule has 0 aromatic heterocycles. The molecule has 0 amide bonds.